The van der Waals surface area contributed by atoms with Gasteiger partial charge in [-0.25, -0.2) is 4.98 Å². The number of aromatic nitrogens is 1. The third-order valence-corrected chi connectivity index (χ3v) is 5.61. The number of benzene rings is 1. The number of rotatable bonds is 2. The maximum Gasteiger partial charge on any atom is 0.231 e. The van der Waals surface area contributed by atoms with Gasteiger partial charge in [0, 0.05) is 26.2 Å². The molecule has 3 heterocycles. The number of piperidine rings is 2. The Morgan fingerprint density at radius 2 is 2.12 bits per heavy atom. The molecule has 2 aromatic rings. The Balaban J connectivity index is 1.38. The molecule has 1 spiro atoms. The van der Waals surface area contributed by atoms with Crippen molar-refractivity contribution >= 4 is 17.0 Å². The number of hydrogen-bond acceptors (Lipinski definition) is 5. The van der Waals surface area contributed by atoms with Crippen molar-refractivity contribution in [1.29, 1.82) is 0 Å². The molecule has 25 heavy (non-hydrogen) atoms. The molecule has 6 nitrogen and oxygen atoms in total. The summed E-state index contributed by atoms with van der Waals surface area (Å²) in [6.07, 6.45) is 2.72. The Morgan fingerprint density at radius 3 is 2.84 bits per heavy atom. The predicted octanol–water partition coefficient (Wildman–Crippen LogP) is 1.68. The van der Waals surface area contributed by atoms with Crippen LogP contribution in [-0.4, -0.2) is 65.1 Å². The molecule has 0 radical (unpaired) electrons. The second-order valence-corrected chi connectivity index (χ2v) is 7.69. The first-order chi connectivity index (χ1) is 12.0. The summed E-state index contributed by atoms with van der Waals surface area (Å²) in [4.78, 5) is 21.1. The Hall–Kier alpha value is -1.92. The first kappa shape index (κ1) is 16.5. The van der Waals surface area contributed by atoms with Gasteiger partial charge in [-0.15, -0.1) is 0 Å². The minimum atomic E-state index is -0.249. The number of fused-ring (bicyclic) bond motifs is 1. The van der Waals surface area contributed by atoms with Crippen LogP contribution in [-0.2, 0) is 11.2 Å². The summed E-state index contributed by atoms with van der Waals surface area (Å²) in [5.41, 5.74) is 1.67. The molecule has 0 aliphatic carbocycles. The summed E-state index contributed by atoms with van der Waals surface area (Å²) in [5, 5.41) is 10.1. The number of β-amino-alcohol motifs (C(OH)–C–C–N with tert-alkyl or cyclic N) is 1. The number of para-hydroxylation sites is 2. The van der Waals surface area contributed by atoms with Gasteiger partial charge in [0.15, 0.2) is 5.58 Å². The van der Waals surface area contributed by atoms with Crippen LogP contribution in [0.4, 0.5) is 0 Å². The fourth-order valence-corrected chi connectivity index (χ4v) is 4.46. The molecule has 1 unspecified atom stereocenters. The van der Waals surface area contributed by atoms with Gasteiger partial charge in [-0.1, -0.05) is 12.1 Å². The summed E-state index contributed by atoms with van der Waals surface area (Å²) in [6, 6.07) is 7.57. The number of aliphatic hydroxyl groups excluding tert-OH is 1. The lowest BCUT2D eigenvalue weighted by Crippen LogP contribution is -2.53. The van der Waals surface area contributed by atoms with Crippen molar-refractivity contribution < 1.29 is 14.3 Å². The highest BCUT2D eigenvalue weighted by molar-refractivity contribution is 5.79. The van der Waals surface area contributed by atoms with E-state index in [2.05, 4.69) is 16.9 Å². The van der Waals surface area contributed by atoms with E-state index in [0.29, 0.717) is 5.89 Å². The van der Waals surface area contributed by atoms with Gasteiger partial charge in [-0.3, -0.25) is 4.79 Å². The molecule has 1 N–H and O–H groups in total. The number of amides is 1. The van der Waals surface area contributed by atoms with Crippen molar-refractivity contribution in [1.82, 2.24) is 14.8 Å². The van der Waals surface area contributed by atoms with Crippen molar-refractivity contribution in [2.45, 2.75) is 31.8 Å². The van der Waals surface area contributed by atoms with Crippen molar-refractivity contribution in [3.05, 3.63) is 30.2 Å². The van der Waals surface area contributed by atoms with Crippen molar-refractivity contribution in [2.75, 3.05) is 33.2 Å². The Morgan fingerprint density at radius 1 is 1.36 bits per heavy atom. The van der Waals surface area contributed by atoms with Crippen LogP contribution < -0.4 is 0 Å². The number of nitrogens with zero attached hydrogens (tertiary/aromatic N) is 3. The van der Waals surface area contributed by atoms with Gasteiger partial charge in [0.1, 0.15) is 11.9 Å². The molecule has 2 fully saturated rings. The number of carbonyl (C=O) groups excluding carboxylic acids is 1. The number of oxazole rings is 1. The number of carbonyl (C=O) groups is 1. The monoisotopic (exact) mass is 343 g/mol. The predicted molar refractivity (Wildman–Crippen MR) is 94.1 cm³/mol. The van der Waals surface area contributed by atoms with Crippen LogP contribution in [0.25, 0.3) is 11.1 Å². The first-order valence-corrected chi connectivity index (χ1v) is 9.02. The maximum absolute atomic E-state index is 12.6. The van der Waals surface area contributed by atoms with E-state index in [1.165, 1.54) is 0 Å². The first-order valence-electron chi connectivity index (χ1n) is 9.02. The van der Waals surface area contributed by atoms with Crippen LogP contribution in [0.2, 0.25) is 0 Å². The van der Waals surface area contributed by atoms with Crippen LogP contribution in [0.5, 0.6) is 0 Å². The van der Waals surface area contributed by atoms with Crippen molar-refractivity contribution in [3.8, 4) is 0 Å². The lowest BCUT2D eigenvalue weighted by molar-refractivity contribution is -0.134. The molecule has 4 rings (SSSR count). The molecule has 2 aliphatic rings. The Kier molecular flexibility index (Phi) is 4.25. The SMILES string of the molecule is CN1CC(O)CC2(CCN(C(=O)Cc3nc4ccccc4o3)CC2)C1. The van der Waals surface area contributed by atoms with E-state index in [9.17, 15) is 9.90 Å². The minimum absolute atomic E-state index is 0.0751. The molecule has 0 saturated carbocycles. The summed E-state index contributed by atoms with van der Waals surface area (Å²) in [7, 11) is 2.06. The highest BCUT2D eigenvalue weighted by Gasteiger charge is 2.41. The quantitative estimate of drug-likeness (QED) is 0.898. The maximum atomic E-state index is 12.6. The number of likely N-dealkylation sites (N-methyl/N-ethyl adjacent to an activating group) is 1. The second kappa shape index (κ2) is 6.42. The molecule has 2 aliphatic heterocycles. The molecular weight excluding hydrogens is 318 g/mol. The molecule has 2 saturated heterocycles. The fraction of sp³-hybridized carbons (Fsp3) is 0.579. The summed E-state index contributed by atoms with van der Waals surface area (Å²) in [6.45, 7) is 3.26. The molecule has 1 aromatic heterocycles. The normalized spacial score (nSPS) is 24.1. The average molecular weight is 343 g/mol. The zero-order chi connectivity index (χ0) is 17.4. The van der Waals surface area contributed by atoms with Crippen LogP contribution in [0.1, 0.15) is 25.2 Å². The largest absolute Gasteiger partial charge is 0.440 e. The molecule has 134 valence electrons. The van der Waals surface area contributed by atoms with Gasteiger partial charge >= 0.3 is 0 Å². The number of aliphatic hydroxyl groups is 1. The van der Waals surface area contributed by atoms with E-state index >= 15 is 0 Å². The minimum Gasteiger partial charge on any atom is -0.440 e. The summed E-state index contributed by atoms with van der Waals surface area (Å²) >= 11 is 0. The topological polar surface area (TPSA) is 69.8 Å². The van der Waals surface area contributed by atoms with E-state index in [1.54, 1.807) is 0 Å². The number of hydrogen-bond donors (Lipinski definition) is 1. The molecule has 1 aromatic carbocycles. The van der Waals surface area contributed by atoms with Gasteiger partial charge in [0.25, 0.3) is 0 Å². The standard InChI is InChI=1S/C19H25N3O3/c1-21-12-14(23)11-19(13-21)6-8-22(9-7-19)18(24)10-17-20-15-4-2-3-5-16(15)25-17/h2-5,14,23H,6-13H2,1H3. The molecule has 0 bridgehead atoms. The molecule has 1 amide bonds. The van der Waals surface area contributed by atoms with Crippen LogP contribution >= 0.6 is 0 Å². The third-order valence-electron chi connectivity index (χ3n) is 5.61. The smallest absolute Gasteiger partial charge is 0.231 e. The van der Waals surface area contributed by atoms with Gasteiger partial charge in [0.2, 0.25) is 11.8 Å². The van der Waals surface area contributed by atoms with Crippen LogP contribution in [0.3, 0.4) is 0 Å². The Bertz CT molecular complexity index is 719. The molecular formula is C19H25N3O3. The van der Waals surface area contributed by atoms with Gasteiger partial charge in [0.05, 0.1) is 6.10 Å². The Labute approximate surface area is 147 Å². The van der Waals surface area contributed by atoms with Crippen molar-refractivity contribution in [2.24, 2.45) is 5.41 Å². The van der Waals surface area contributed by atoms with Gasteiger partial charge in [-0.05, 0) is 43.9 Å². The highest BCUT2D eigenvalue weighted by Crippen LogP contribution is 2.39. The zero-order valence-electron chi connectivity index (χ0n) is 14.6. The van der Waals surface area contributed by atoms with Gasteiger partial charge < -0.3 is 19.3 Å². The van der Waals surface area contributed by atoms with E-state index in [1.807, 2.05) is 29.2 Å². The van der Waals surface area contributed by atoms with Gasteiger partial charge in [-0.2, -0.15) is 0 Å². The lowest BCUT2D eigenvalue weighted by atomic mass is 9.71. The lowest BCUT2D eigenvalue weighted by Gasteiger charge is -2.48. The zero-order valence-corrected chi connectivity index (χ0v) is 14.6. The van der Waals surface area contributed by atoms with Crippen LogP contribution in [0.15, 0.2) is 28.7 Å². The summed E-state index contributed by atoms with van der Waals surface area (Å²) < 4.78 is 5.67. The second-order valence-electron chi connectivity index (χ2n) is 7.69. The highest BCUT2D eigenvalue weighted by atomic mass is 16.3. The van der Waals surface area contributed by atoms with E-state index in [-0.39, 0.29) is 23.8 Å². The number of likely N-dealkylation sites (tertiary alicyclic amines) is 2. The average Bonchev–Trinajstić information content (AvgIpc) is 2.96. The van der Waals surface area contributed by atoms with E-state index in [4.69, 9.17) is 4.42 Å². The molecule has 6 heteroatoms. The molecule has 1 atom stereocenters. The summed E-state index contributed by atoms with van der Waals surface area (Å²) in [5.74, 6) is 0.561. The van der Waals surface area contributed by atoms with E-state index in [0.717, 1.165) is 56.5 Å². The third kappa shape index (κ3) is 3.41. The van der Waals surface area contributed by atoms with E-state index < -0.39 is 0 Å². The fourth-order valence-electron chi connectivity index (χ4n) is 4.46. The van der Waals surface area contributed by atoms with Crippen LogP contribution in [0, 0.1) is 5.41 Å². The van der Waals surface area contributed by atoms with Crippen molar-refractivity contribution in [3.63, 3.8) is 0 Å².